The minimum absolute atomic E-state index is 0.150. The summed E-state index contributed by atoms with van der Waals surface area (Å²) < 4.78 is 27.8. The van der Waals surface area contributed by atoms with E-state index in [0.29, 0.717) is 17.1 Å². The number of oxazole rings is 1. The fourth-order valence-electron chi connectivity index (χ4n) is 1.49. The Hall–Kier alpha value is -2.27. The van der Waals surface area contributed by atoms with E-state index >= 15 is 0 Å². The van der Waals surface area contributed by atoms with Crippen molar-refractivity contribution in [2.45, 2.75) is 20.8 Å². The summed E-state index contributed by atoms with van der Waals surface area (Å²) in [4.78, 5) is 14.5. The quantitative estimate of drug-likeness (QED) is 0.805. The third-order valence-corrected chi connectivity index (χ3v) is 3.49. The predicted molar refractivity (Wildman–Crippen MR) is 66.3 cm³/mol. The zero-order valence-electron chi connectivity index (χ0n) is 10.4. The second-order valence-electron chi connectivity index (χ2n) is 3.77. The van der Waals surface area contributed by atoms with Gasteiger partial charge in [-0.15, -0.1) is 0 Å². The standard InChI is InChI=1S/C11H10N2O5S/c1-6-5-16-8(3)9(6)18-19(15)13-7(2)10(12-4)17-11(13)14/h5H,1-3H3. The molecule has 0 spiro atoms. The SMILES string of the molecule is [C-]#[N+]c1oc(=O)n(S(=O)Oc2c(C)coc2C)c1C. The molecule has 2 rings (SSSR count). The molecule has 0 saturated carbocycles. The van der Waals surface area contributed by atoms with Gasteiger partial charge in [0.25, 0.3) is 0 Å². The van der Waals surface area contributed by atoms with Crippen molar-refractivity contribution >= 4 is 17.2 Å². The number of aromatic nitrogens is 1. The number of hydrogen-bond donors (Lipinski definition) is 0. The van der Waals surface area contributed by atoms with E-state index in [1.165, 1.54) is 13.2 Å². The maximum absolute atomic E-state index is 12.0. The molecule has 7 nitrogen and oxygen atoms in total. The summed E-state index contributed by atoms with van der Waals surface area (Å²) in [7, 11) is 0. The summed E-state index contributed by atoms with van der Waals surface area (Å²) in [5, 5.41) is 0. The smallest absolute Gasteiger partial charge is 0.420 e. The van der Waals surface area contributed by atoms with Crippen LogP contribution in [-0.2, 0) is 11.3 Å². The van der Waals surface area contributed by atoms with Gasteiger partial charge in [0.1, 0.15) is 5.76 Å². The minimum Gasteiger partial charge on any atom is -0.465 e. The Labute approximate surface area is 111 Å². The van der Waals surface area contributed by atoms with Gasteiger partial charge in [0.2, 0.25) is 0 Å². The lowest BCUT2D eigenvalue weighted by Gasteiger charge is -2.04. The molecular weight excluding hydrogens is 272 g/mol. The number of aryl methyl sites for hydroxylation is 2. The molecule has 8 heteroatoms. The molecule has 1 unspecified atom stereocenters. The molecule has 0 fully saturated rings. The largest absolute Gasteiger partial charge is 0.465 e. The van der Waals surface area contributed by atoms with Crippen LogP contribution in [0.15, 0.2) is 19.9 Å². The van der Waals surface area contributed by atoms with E-state index < -0.39 is 17.0 Å². The maximum atomic E-state index is 12.0. The Kier molecular flexibility index (Phi) is 3.31. The van der Waals surface area contributed by atoms with E-state index in [0.717, 1.165) is 3.97 Å². The summed E-state index contributed by atoms with van der Waals surface area (Å²) in [5.74, 6) is -0.358. The molecule has 1 atom stereocenters. The fourth-order valence-corrected chi connectivity index (χ4v) is 2.42. The molecule has 0 aliphatic heterocycles. The highest BCUT2D eigenvalue weighted by atomic mass is 32.2. The van der Waals surface area contributed by atoms with Gasteiger partial charge in [-0.2, -0.15) is 13.0 Å². The van der Waals surface area contributed by atoms with Crippen molar-refractivity contribution in [3.05, 3.63) is 45.2 Å². The molecule has 0 N–H and O–H groups in total. The topological polar surface area (TPSA) is 78.9 Å². The van der Waals surface area contributed by atoms with Crippen LogP contribution in [0, 0.1) is 27.3 Å². The van der Waals surface area contributed by atoms with Crippen LogP contribution in [0.5, 0.6) is 5.75 Å². The third kappa shape index (κ3) is 2.20. The molecule has 0 radical (unpaired) electrons. The first-order valence-corrected chi connectivity index (χ1v) is 6.24. The molecule has 19 heavy (non-hydrogen) atoms. The monoisotopic (exact) mass is 282 g/mol. The van der Waals surface area contributed by atoms with Crippen molar-refractivity contribution in [1.29, 1.82) is 0 Å². The van der Waals surface area contributed by atoms with Crippen LogP contribution in [0.4, 0.5) is 5.88 Å². The molecule has 0 amide bonds. The minimum atomic E-state index is -2.13. The average molecular weight is 282 g/mol. The lowest BCUT2D eigenvalue weighted by Crippen LogP contribution is -2.23. The van der Waals surface area contributed by atoms with Gasteiger partial charge >= 0.3 is 22.9 Å². The summed E-state index contributed by atoms with van der Waals surface area (Å²) in [6.07, 6.45) is 1.46. The van der Waals surface area contributed by atoms with E-state index in [1.54, 1.807) is 13.8 Å². The van der Waals surface area contributed by atoms with Gasteiger partial charge in [0, 0.05) is 5.56 Å². The van der Waals surface area contributed by atoms with Gasteiger partial charge < -0.3 is 13.0 Å². The van der Waals surface area contributed by atoms with Gasteiger partial charge in [0.15, 0.2) is 5.75 Å². The van der Waals surface area contributed by atoms with E-state index in [2.05, 4.69) is 9.26 Å². The van der Waals surface area contributed by atoms with Crippen molar-refractivity contribution in [2.75, 3.05) is 0 Å². The molecule has 0 aliphatic carbocycles. The van der Waals surface area contributed by atoms with E-state index in [-0.39, 0.29) is 11.6 Å². The molecule has 2 heterocycles. The van der Waals surface area contributed by atoms with Gasteiger partial charge in [0.05, 0.1) is 18.5 Å². The summed E-state index contributed by atoms with van der Waals surface area (Å²) in [6.45, 7) is 11.6. The first-order valence-electron chi connectivity index (χ1n) is 5.21. The van der Waals surface area contributed by atoms with Crippen molar-refractivity contribution in [1.82, 2.24) is 3.97 Å². The Morgan fingerprint density at radius 2 is 2.11 bits per heavy atom. The zero-order chi connectivity index (χ0) is 14.2. The van der Waals surface area contributed by atoms with Gasteiger partial charge in [-0.25, -0.2) is 4.79 Å². The zero-order valence-corrected chi connectivity index (χ0v) is 11.2. The highest BCUT2D eigenvalue weighted by Crippen LogP contribution is 2.26. The Morgan fingerprint density at radius 1 is 1.42 bits per heavy atom. The highest BCUT2D eigenvalue weighted by Gasteiger charge is 2.21. The fraction of sp³-hybridized carbons (Fsp3) is 0.273. The normalized spacial score (nSPS) is 12.1. The van der Waals surface area contributed by atoms with Crippen LogP contribution in [-0.4, -0.2) is 8.18 Å². The van der Waals surface area contributed by atoms with Crippen LogP contribution in [0.2, 0.25) is 0 Å². The van der Waals surface area contributed by atoms with Crippen LogP contribution >= 0.6 is 0 Å². The molecule has 0 aliphatic rings. The molecule has 0 aromatic carbocycles. The van der Waals surface area contributed by atoms with Gasteiger partial charge in [-0.1, -0.05) is 0 Å². The van der Waals surface area contributed by atoms with Crippen molar-refractivity contribution in [3.63, 3.8) is 0 Å². The number of furan rings is 1. The Morgan fingerprint density at radius 3 is 2.58 bits per heavy atom. The van der Waals surface area contributed by atoms with Crippen LogP contribution < -0.4 is 9.94 Å². The first kappa shape index (κ1) is 13.2. The maximum Gasteiger partial charge on any atom is 0.420 e. The summed E-state index contributed by atoms with van der Waals surface area (Å²) in [6, 6.07) is 0. The Balaban J connectivity index is 2.40. The molecule has 0 bridgehead atoms. The van der Waals surface area contributed by atoms with Gasteiger partial charge in [-0.05, 0) is 20.8 Å². The third-order valence-electron chi connectivity index (χ3n) is 2.46. The molecule has 0 saturated heterocycles. The second-order valence-corrected chi connectivity index (χ2v) is 4.74. The Bertz CT molecular complexity index is 727. The lowest BCUT2D eigenvalue weighted by molar-refractivity contribution is 0.489. The van der Waals surface area contributed by atoms with Gasteiger partial charge in [-0.3, -0.25) is 0 Å². The van der Waals surface area contributed by atoms with Crippen molar-refractivity contribution in [3.8, 4) is 5.75 Å². The average Bonchev–Trinajstić information content (AvgIpc) is 2.82. The number of rotatable bonds is 3. The van der Waals surface area contributed by atoms with E-state index in [1.807, 2.05) is 0 Å². The number of hydrogen-bond acceptors (Lipinski definition) is 5. The summed E-state index contributed by atoms with van der Waals surface area (Å²) >= 11 is -2.13. The second kappa shape index (κ2) is 4.78. The van der Waals surface area contributed by atoms with Crippen molar-refractivity contribution < 1.29 is 17.2 Å². The van der Waals surface area contributed by atoms with Crippen LogP contribution in [0.1, 0.15) is 17.0 Å². The van der Waals surface area contributed by atoms with Crippen molar-refractivity contribution in [2.24, 2.45) is 0 Å². The molecule has 2 aromatic rings. The molecule has 2 aromatic heterocycles. The number of nitrogens with zero attached hydrogens (tertiary/aromatic N) is 2. The highest BCUT2D eigenvalue weighted by molar-refractivity contribution is 7.79. The van der Waals surface area contributed by atoms with E-state index in [9.17, 15) is 9.00 Å². The van der Waals surface area contributed by atoms with Crippen LogP contribution in [0.3, 0.4) is 0 Å². The molecule has 100 valence electrons. The first-order chi connectivity index (χ1) is 8.95. The predicted octanol–water partition coefficient (Wildman–Crippen LogP) is 2.02. The van der Waals surface area contributed by atoms with E-state index in [4.69, 9.17) is 15.2 Å². The lowest BCUT2D eigenvalue weighted by atomic mass is 10.3. The summed E-state index contributed by atoms with van der Waals surface area (Å²) in [5.41, 5.74) is 0.808. The van der Waals surface area contributed by atoms with Crippen LogP contribution in [0.25, 0.3) is 4.85 Å². The molecular formula is C11H10N2O5S.